The average molecular weight is 434 g/mol. The quantitative estimate of drug-likeness (QED) is 0.645. The van der Waals surface area contributed by atoms with Gasteiger partial charge in [-0.05, 0) is 61.8 Å². The maximum Gasteiger partial charge on any atom is 0.309 e. The van der Waals surface area contributed by atoms with Crippen molar-refractivity contribution in [3.8, 4) is 0 Å². The molecule has 1 aliphatic carbocycles. The monoisotopic (exact) mass is 433 g/mol. The highest BCUT2D eigenvalue weighted by Gasteiger charge is 2.33. The average Bonchev–Trinajstić information content (AvgIpc) is 3.25. The summed E-state index contributed by atoms with van der Waals surface area (Å²) in [5.74, 6) is 0.167. The molecular weight excluding hydrogens is 406 g/mol. The van der Waals surface area contributed by atoms with Crippen molar-refractivity contribution in [1.29, 1.82) is 0 Å². The molecule has 9 heteroatoms. The molecule has 1 aliphatic heterocycles. The van der Waals surface area contributed by atoms with E-state index < -0.39 is 10.0 Å². The number of benzene rings is 1. The van der Waals surface area contributed by atoms with E-state index in [-0.39, 0.29) is 24.4 Å². The Bertz CT molecular complexity index is 1010. The number of esters is 1. The van der Waals surface area contributed by atoms with Gasteiger partial charge in [-0.25, -0.2) is 8.42 Å². The Labute approximate surface area is 176 Å². The molecule has 4 rings (SSSR count). The second-order valence-electron chi connectivity index (χ2n) is 7.88. The number of hydrogen-bond acceptors (Lipinski definition) is 7. The van der Waals surface area contributed by atoms with E-state index in [0.717, 1.165) is 31.2 Å². The van der Waals surface area contributed by atoms with Gasteiger partial charge in [-0.1, -0.05) is 18.1 Å². The molecule has 0 amide bonds. The standard InChI is InChI=1S/C21H27N3O5S/c1-2-19-22-20(29-23-19)14-28-21(25)16-9-11-24(12-10-16)30(26,27)18-8-7-15-5-3-4-6-17(15)13-18/h7-8,13,16H,2-6,9-12,14H2,1H3. The molecule has 1 saturated heterocycles. The number of hydrogen-bond donors (Lipinski definition) is 0. The molecule has 2 heterocycles. The van der Waals surface area contributed by atoms with Crippen molar-refractivity contribution in [1.82, 2.24) is 14.4 Å². The highest BCUT2D eigenvalue weighted by Crippen LogP contribution is 2.28. The van der Waals surface area contributed by atoms with Crippen molar-refractivity contribution in [2.24, 2.45) is 5.92 Å². The SMILES string of the molecule is CCc1noc(COC(=O)C2CCN(S(=O)(=O)c3ccc4c(c3)CCCC4)CC2)n1. The van der Waals surface area contributed by atoms with Crippen LogP contribution in [0.4, 0.5) is 0 Å². The van der Waals surface area contributed by atoms with Gasteiger partial charge < -0.3 is 9.26 Å². The Kier molecular flexibility index (Phi) is 6.19. The number of aromatic nitrogens is 2. The molecule has 1 aromatic carbocycles. The molecule has 162 valence electrons. The van der Waals surface area contributed by atoms with E-state index in [2.05, 4.69) is 10.1 Å². The summed E-state index contributed by atoms with van der Waals surface area (Å²) in [5, 5.41) is 3.77. The number of sulfonamides is 1. The lowest BCUT2D eigenvalue weighted by atomic mass is 9.92. The molecule has 8 nitrogen and oxygen atoms in total. The zero-order valence-corrected chi connectivity index (χ0v) is 18.0. The lowest BCUT2D eigenvalue weighted by Gasteiger charge is -2.30. The smallest absolute Gasteiger partial charge is 0.309 e. The largest absolute Gasteiger partial charge is 0.455 e. The molecule has 1 fully saturated rings. The Morgan fingerprint density at radius 3 is 2.63 bits per heavy atom. The van der Waals surface area contributed by atoms with Gasteiger partial charge in [0.15, 0.2) is 12.4 Å². The topological polar surface area (TPSA) is 103 Å². The number of rotatable bonds is 6. The van der Waals surface area contributed by atoms with Crippen LogP contribution in [-0.4, -0.2) is 41.9 Å². The van der Waals surface area contributed by atoms with E-state index >= 15 is 0 Å². The number of carbonyl (C=O) groups excluding carboxylic acids is 1. The van der Waals surface area contributed by atoms with Crippen LogP contribution in [0.5, 0.6) is 0 Å². The third-order valence-electron chi connectivity index (χ3n) is 5.91. The third kappa shape index (κ3) is 4.41. The minimum atomic E-state index is -3.55. The molecule has 0 N–H and O–H groups in total. The first-order valence-corrected chi connectivity index (χ1v) is 12.0. The van der Waals surface area contributed by atoms with Crippen molar-refractivity contribution >= 4 is 16.0 Å². The molecular formula is C21H27N3O5S. The predicted octanol–water partition coefficient (Wildman–Crippen LogP) is 2.65. The first-order chi connectivity index (χ1) is 14.5. The molecule has 30 heavy (non-hydrogen) atoms. The van der Waals surface area contributed by atoms with Crippen molar-refractivity contribution in [3.05, 3.63) is 41.0 Å². The summed E-state index contributed by atoms with van der Waals surface area (Å²) in [4.78, 5) is 16.8. The molecule has 1 aromatic heterocycles. The summed E-state index contributed by atoms with van der Waals surface area (Å²) in [5.41, 5.74) is 2.40. The summed E-state index contributed by atoms with van der Waals surface area (Å²) in [7, 11) is -3.55. The van der Waals surface area contributed by atoms with Crippen LogP contribution in [0.1, 0.15) is 55.4 Å². The van der Waals surface area contributed by atoms with E-state index in [1.165, 1.54) is 9.87 Å². The number of piperidine rings is 1. The number of fused-ring (bicyclic) bond motifs is 1. The van der Waals surface area contributed by atoms with E-state index in [4.69, 9.17) is 9.26 Å². The molecule has 0 unspecified atom stereocenters. The van der Waals surface area contributed by atoms with Gasteiger partial charge in [-0.15, -0.1) is 0 Å². The zero-order valence-electron chi connectivity index (χ0n) is 17.2. The van der Waals surface area contributed by atoms with Gasteiger partial charge in [-0.3, -0.25) is 4.79 Å². The van der Waals surface area contributed by atoms with Gasteiger partial charge in [0.1, 0.15) is 0 Å². The maximum atomic E-state index is 13.1. The first kappa shape index (κ1) is 21.0. The lowest BCUT2D eigenvalue weighted by molar-refractivity contribution is -0.152. The number of carbonyl (C=O) groups is 1. The fourth-order valence-corrected chi connectivity index (χ4v) is 5.62. The van der Waals surface area contributed by atoms with Gasteiger partial charge in [0.05, 0.1) is 10.8 Å². The zero-order chi connectivity index (χ0) is 21.1. The van der Waals surface area contributed by atoms with E-state index in [1.807, 2.05) is 19.1 Å². The maximum absolute atomic E-state index is 13.1. The third-order valence-corrected chi connectivity index (χ3v) is 7.80. The van der Waals surface area contributed by atoms with Crippen LogP contribution in [0.2, 0.25) is 0 Å². The van der Waals surface area contributed by atoms with Gasteiger partial charge in [0, 0.05) is 19.5 Å². The molecule has 0 saturated carbocycles. The van der Waals surface area contributed by atoms with Gasteiger partial charge in [0.2, 0.25) is 10.0 Å². The lowest BCUT2D eigenvalue weighted by Crippen LogP contribution is -2.40. The van der Waals surface area contributed by atoms with Crippen LogP contribution < -0.4 is 0 Å². The Morgan fingerprint density at radius 1 is 1.20 bits per heavy atom. The van der Waals surface area contributed by atoms with E-state index in [1.54, 1.807) is 6.07 Å². The second-order valence-corrected chi connectivity index (χ2v) is 9.82. The van der Waals surface area contributed by atoms with Crippen LogP contribution in [0.25, 0.3) is 0 Å². The highest BCUT2D eigenvalue weighted by molar-refractivity contribution is 7.89. The van der Waals surface area contributed by atoms with Gasteiger partial charge >= 0.3 is 5.97 Å². The van der Waals surface area contributed by atoms with Crippen molar-refractivity contribution in [2.45, 2.75) is 63.4 Å². The second kappa shape index (κ2) is 8.85. The Hall–Kier alpha value is -2.26. The predicted molar refractivity (Wildman–Crippen MR) is 108 cm³/mol. The molecule has 0 atom stereocenters. The van der Waals surface area contributed by atoms with E-state index in [0.29, 0.717) is 43.1 Å². The van der Waals surface area contributed by atoms with Gasteiger partial charge in [0.25, 0.3) is 5.89 Å². The molecule has 2 aliphatic rings. The molecule has 0 bridgehead atoms. The number of nitrogens with zero attached hydrogens (tertiary/aromatic N) is 3. The fourth-order valence-electron chi connectivity index (χ4n) is 4.09. The van der Waals surface area contributed by atoms with Crippen LogP contribution in [-0.2, 0) is 45.4 Å². The summed E-state index contributed by atoms with van der Waals surface area (Å²) < 4.78 is 37.9. The summed E-state index contributed by atoms with van der Waals surface area (Å²) in [6, 6.07) is 5.50. The van der Waals surface area contributed by atoms with Crippen LogP contribution in [0.3, 0.4) is 0 Å². The summed E-state index contributed by atoms with van der Waals surface area (Å²) in [6.45, 7) is 2.46. The Balaban J connectivity index is 1.33. The van der Waals surface area contributed by atoms with Gasteiger partial charge in [-0.2, -0.15) is 9.29 Å². The summed E-state index contributed by atoms with van der Waals surface area (Å²) >= 11 is 0. The normalized spacial score (nSPS) is 18.2. The van der Waals surface area contributed by atoms with Crippen LogP contribution >= 0.6 is 0 Å². The van der Waals surface area contributed by atoms with Crippen molar-refractivity contribution in [2.75, 3.05) is 13.1 Å². The minimum absolute atomic E-state index is 0.0561. The molecule has 2 aromatic rings. The molecule has 0 spiro atoms. The fraction of sp³-hybridized carbons (Fsp3) is 0.571. The van der Waals surface area contributed by atoms with Crippen molar-refractivity contribution < 1.29 is 22.5 Å². The van der Waals surface area contributed by atoms with Crippen LogP contribution in [0.15, 0.2) is 27.6 Å². The first-order valence-electron chi connectivity index (χ1n) is 10.6. The minimum Gasteiger partial charge on any atom is -0.455 e. The number of ether oxygens (including phenoxy) is 1. The molecule has 0 radical (unpaired) electrons. The van der Waals surface area contributed by atoms with E-state index in [9.17, 15) is 13.2 Å². The number of aryl methyl sites for hydroxylation is 3. The van der Waals surface area contributed by atoms with Crippen molar-refractivity contribution in [3.63, 3.8) is 0 Å². The summed E-state index contributed by atoms with van der Waals surface area (Å²) in [6.07, 6.45) is 5.75. The Morgan fingerprint density at radius 2 is 1.93 bits per heavy atom. The highest BCUT2D eigenvalue weighted by atomic mass is 32.2. The van der Waals surface area contributed by atoms with Crippen LogP contribution in [0, 0.1) is 5.92 Å².